The maximum absolute atomic E-state index is 13.0. The number of alkyl halides is 3. The van der Waals surface area contributed by atoms with Crippen LogP contribution in [0.15, 0.2) is 78.9 Å². The second-order valence-corrected chi connectivity index (χ2v) is 6.29. The molecule has 4 nitrogen and oxygen atoms in total. The molecule has 0 aliphatic carbocycles. The molecular formula is C21H17F3N2O2. The standard InChI is InChI=1S/C21H17F3N2O2/c22-21(23,24)18-11-12-19(20(13-18)26(27)28)25(14-16-7-3-1-4-8-16)15-17-9-5-2-6-10-17/h1-13H,14-15H2. The lowest BCUT2D eigenvalue weighted by Crippen LogP contribution is -2.23. The third kappa shape index (κ3) is 4.68. The predicted molar refractivity (Wildman–Crippen MR) is 101 cm³/mol. The molecule has 0 atom stereocenters. The van der Waals surface area contributed by atoms with Crippen molar-refractivity contribution >= 4 is 11.4 Å². The zero-order valence-corrected chi connectivity index (χ0v) is 14.8. The van der Waals surface area contributed by atoms with Crippen molar-refractivity contribution in [3.63, 3.8) is 0 Å². The summed E-state index contributed by atoms with van der Waals surface area (Å²) >= 11 is 0. The smallest absolute Gasteiger partial charge is 0.357 e. The summed E-state index contributed by atoms with van der Waals surface area (Å²) in [6.45, 7) is 0.643. The van der Waals surface area contributed by atoms with E-state index < -0.39 is 22.4 Å². The fourth-order valence-corrected chi connectivity index (χ4v) is 2.95. The highest BCUT2D eigenvalue weighted by Gasteiger charge is 2.33. The minimum absolute atomic E-state index is 0.144. The molecule has 0 amide bonds. The quantitative estimate of drug-likeness (QED) is 0.396. The highest BCUT2D eigenvalue weighted by atomic mass is 19.4. The van der Waals surface area contributed by atoms with Gasteiger partial charge in [0.25, 0.3) is 5.69 Å². The van der Waals surface area contributed by atoms with Gasteiger partial charge in [0.2, 0.25) is 0 Å². The fourth-order valence-electron chi connectivity index (χ4n) is 2.95. The highest BCUT2D eigenvalue weighted by molar-refractivity contribution is 5.65. The maximum atomic E-state index is 13.0. The van der Waals surface area contributed by atoms with Gasteiger partial charge in [-0.15, -0.1) is 0 Å². The molecule has 28 heavy (non-hydrogen) atoms. The molecule has 0 spiro atoms. The molecule has 144 valence electrons. The molecule has 0 aliphatic rings. The Morgan fingerprint density at radius 1 is 0.821 bits per heavy atom. The van der Waals surface area contributed by atoms with E-state index in [9.17, 15) is 23.3 Å². The monoisotopic (exact) mass is 386 g/mol. The van der Waals surface area contributed by atoms with Crippen molar-refractivity contribution < 1.29 is 18.1 Å². The molecular weight excluding hydrogens is 369 g/mol. The Balaban J connectivity index is 2.04. The van der Waals surface area contributed by atoms with Crippen molar-refractivity contribution in [3.8, 4) is 0 Å². The van der Waals surface area contributed by atoms with Crippen LogP contribution in [0.4, 0.5) is 24.5 Å². The first-order chi connectivity index (χ1) is 13.3. The van der Waals surface area contributed by atoms with Crippen LogP contribution >= 0.6 is 0 Å². The molecule has 3 aromatic rings. The van der Waals surface area contributed by atoms with Crippen LogP contribution in [0.2, 0.25) is 0 Å². The van der Waals surface area contributed by atoms with E-state index in [0.29, 0.717) is 19.2 Å². The maximum Gasteiger partial charge on any atom is 0.416 e. The number of benzene rings is 3. The summed E-state index contributed by atoms with van der Waals surface area (Å²) in [6, 6.07) is 21.2. The Hall–Kier alpha value is -3.35. The normalized spacial score (nSPS) is 11.2. The molecule has 0 saturated heterocycles. The lowest BCUT2D eigenvalue weighted by Gasteiger charge is -2.25. The number of rotatable bonds is 6. The van der Waals surface area contributed by atoms with Crippen molar-refractivity contribution in [2.45, 2.75) is 19.3 Å². The van der Waals surface area contributed by atoms with E-state index in [0.717, 1.165) is 17.2 Å². The molecule has 3 rings (SSSR count). The molecule has 0 aliphatic heterocycles. The first kappa shape index (κ1) is 19.4. The van der Waals surface area contributed by atoms with E-state index in [1.54, 1.807) is 4.90 Å². The minimum Gasteiger partial charge on any atom is -0.357 e. The van der Waals surface area contributed by atoms with E-state index in [-0.39, 0.29) is 5.69 Å². The van der Waals surface area contributed by atoms with Crippen LogP contribution in [0.1, 0.15) is 16.7 Å². The van der Waals surface area contributed by atoms with Gasteiger partial charge in [-0.05, 0) is 23.3 Å². The Labute approximate surface area is 160 Å². The van der Waals surface area contributed by atoms with Gasteiger partial charge in [-0.2, -0.15) is 13.2 Å². The summed E-state index contributed by atoms with van der Waals surface area (Å²) in [5.74, 6) is 0. The largest absolute Gasteiger partial charge is 0.416 e. The molecule has 0 fully saturated rings. The summed E-state index contributed by atoms with van der Waals surface area (Å²) in [6.07, 6.45) is -4.65. The molecule has 0 heterocycles. The van der Waals surface area contributed by atoms with Crippen LogP contribution in [0.5, 0.6) is 0 Å². The topological polar surface area (TPSA) is 46.4 Å². The van der Waals surface area contributed by atoms with Gasteiger partial charge in [0.05, 0.1) is 10.5 Å². The van der Waals surface area contributed by atoms with E-state index in [4.69, 9.17) is 0 Å². The summed E-state index contributed by atoms with van der Waals surface area (Å²) in [5.41, 5.74) is 0.329. The Kier molecular flexibility index (Phi) is 5.63. The van der Waals surface area contributed by atoms with Gasteiger partial charge in [-0.1, -0.05) is 60.7 Å². The number of nitro benzene ring substituents is 1. The van der Waals surface area contributed by atoms with Crippen molar-refractivity contribution in [1.29, 1.82) is 0 Å². The third-order valence-corrected chi connectivity index (χ3v) is 4.27. The van der Waals surface area contributed by atoms with Crippen LogP contribution in [0, 0.1) is 10.1 Å². The lowest BCUT2D eigenvalue weighted by atomic mass is 10.1. The average molecular weight is 386 g/mol. The fraction of sp³-hybridized carbons (Fsp3) is 0.143. The lowest BCUT2D eigenvalue weighted by molar-refractivity contribution is -0.384. The van der Waals surface area contributed by atoms with Crippen molar-refractivity contribution in [2.75, 3.05) is 4.90 Å². The minimum atomic E-state index is -4.65. The van der Waals surface area contributed by atoms with Crippen LogP contribution in [0.3, 0.4) is 0 Å². The van der Waals surface area contributed by atoms with E-state index in [1.807, 2.05) is 60.7 Å². The van der Waals surface area contributed by atoms with Gasteiger partial charge in [-0.3, -0.25) is 10.1 Å². The molecule has 0 saturated carbocycles. The number of hydrogen-bond acceptors (Lipinski definition) is 3. The molecule has 7 heteroatoms. The zero-order chi connectivity index (χ0) is 20.1. The van der Waals surface area contributed by atoms with Gasteiger partial charge in [0.1, 0.15) is 5.69 Å². The summed E-state index contributed by atoms with van der Waals surface area (Å²) < 4.78 is 39.1. The molecule has 0 unspecified atom stereocenters. The Morgan fingerprint density at radius 3 is 1.75 bits per heavy atom. The van der Waals surface area contributed by atoms with E-state index in [1.165, 1.54) is 6.07 Å². The number of anilines is 1. The van der Waals surface area contributed by atoms with Gasteiger partial charge in [-0.25, -0.2) is 0 Å². The van der Waals surface area contributed by atoms with Crippen LogP contribution in [0.25, 0.3) is 0 Å². The van der Waals surface area contributed by atoms with Crippen LogP contribution in [-0.4, -0.2) is 4.92 Å². The van der Waals surface area contributed by atoms with Crippen molar-refractivity contribution in [1.82, 2.24) is 0 Å². The summed E-state index contributed by atoms with van der Waals surface area (Å²) in [5, 5.41) is 11.5. The first-order valence-corrected chi connectivity index (χ1v) is 8.53. The van der Waals surface area contributed by atoms with Crippen LogP contribution in [-0.2, 0) is 19.3 Å². The molecule has 3 aromatic carbocycles. The second-order valence-electron chi connectivity index (χ2n) is 6.29. The molecule has 0 N–H and O–H groups in total. The SMILES string of the molecule is O=[N+]([O-])c1cc(C(F)(F)F)ccc1N(Cc1ccccc1)Cc1ccccc1. The number of nitro groups is 1. The van der Waals surface area contributed by atoms with Gasteiger partial charge in [0.15, 0.2) is 0 Å². The average Bonchev–Trinajstić information content (AvgIpc) is 2.68. The van der Waals surface area contributed by atoms with E-state index in [2.05, 4.69) is 0 Å². The van der Waals surface area contributed by atoms with Crippen molar-refractivity contribution in [2.24, 2.45) is 0 Å². The number of nitrogens with zero attached hydrogens (tertiary/aromatic N) is 2. The van der Waals surface area contributed by atoms with Gasteiger partial charge < -0.3 is 4.90 Å². The van der Waals surface area contributed by atoms with Crippen molar-refractivity contribution in [3.05, 3.63) is 106 Å². The van der Waals surface area contributed by atoms with Crippen LogP contribution < -0.4 is 4.90 Å². The first-order valence-electron chi connectivity index (χ1n) is 8.53. The van der Waals surface area contributed by atoms with Gasteiger partial charge >= 0.3 is 6.18 Å². The van der Waals surface area contributed by atoms with Gasteiger partial charge in [0, 0.05) is 19.2 Å². The predicted octanol–water partition coefficient (Wildman–Crippen LogP) is 5.82. The summed E-state index contributed by atoms with van der Waals surface area (Å²) in [4.78, 5) is 12.5. The molecule has 0 aromatic heterocycles. The number of halogens is 3. The summed E-state index contributed by atoms with van der Waals surface area (Å²) in [7, 11) is 0. The third-order valence-electron chi connectivity index (χ3n) is 4.27. The number of hydrogen-bond donors (Lipinski definition) is 0. The highest BCUT2D eigenvalue weighted by Crippen LogP contribution is 2.37. The Bertz CT molecular complexity index is 903. The molecule has 0 bridgehead atoms. The molecule has 0 radical (unpaired) electrons. The zero-order valence-electron chi connectivity index (χ0n) is 14.8. The van der Waals surface area contributed by atoms with E-state index >= 15 is 0 Å². The second kappa shape index (κ2) is 8.12. The Morgan fingerprint density at radius 2 is 1.32 bits per heavy atom.